The lowest BCUT2D eigenvalue weighted by Gasteiger charge is -2.20. The SMILES string of the molecule is CC/C=C/C=C(/C(=O)NCC(=O)N1CC(F)(F)CC1C#N)c1cc(OCCCN)ccc1C. The molecule has 0 bridgehead atoms. The number of allylic oxidation sites excluding steroid dienone is 3. The first kappa shape index (κ1) is 26.0. The molecule has 1 unspecified atom stereocenters. The van der Waals surface area contributed by atoms with Crippen molar-refractivity contribution in [1.29, 1.82) is 5.26 Å². The van der Waals surface area contributed by atoms with Gasteiger partial charge in [0, 0.05) is 12.0 Å². The molecule has 1 aliphatic heterocycles. The summed E-state index contributed by atoms with van der Waals surface area (Å²) < 4.78 is 33.0. The molecule has 178 valence electrons. The van der Waals surface area contributed by atoms with Gasteiger partial charge < -0.3 is 20.7 Å². The molecule has 1 aromatic carbocycles. The van der Waals surface area contributed by atoms with Crippen molar-refractivity contribution < 1.29 is 23.1 Å². The summed E-state index contributed by atoms with van der Waals surface area (Å²) in [5, 5.41) is 11.6. The summed E-state index contributed by atoms with van der Waals surface area (Å²) >= 11 is 0. The Hall–Kier alpha value is -3.25. The number of likely N-dealkylation sites (tertiary alicyclic amines) is 1. The fourth-order valence-electron chi connectivity index (χ4n) is 3.39. The van der Waals surface area contributed by atoms with E-state index in [1.165, 1.54) is 0 Å². The van der Waals surface area contributed by atoms with Crippen molar-refractivity contribution in [3.8, 4) is 11.8 Å². The molecule has 33 heavy (non-hydrogen) atoms. The number of ether oxygens (including phenoxy) is 1. The monoisotopic (exact) mass is 460 g/mol. The van der Waals surface area contributed by atoms with Crippen LogP contribution in [0, 0.1) is 18.3 Å². The van der Waals surface area contributed by atoms with Gasteiger partial charge in [0.1, 0.15) is 11.8 Å². The van der Waals surface area contributed by atoms with Crippen molar-refractivity contribution in [2.75, 3.05) is 26.2 Å². The van der Waals surface area contributed by atoms with Crippen molar-refractivity contribution in [3.05, 3.63) is 47.6 Å². The van der Waals surface area contributed by atoms with Crippen molar-refractivity contribution in [1.82, 2.24) is 10.2 Å². The smallest absolute Gasteiger partial charge is 0.268 e. The average Bonchev–Trinajstić information content (AvgIpc) is 3.11. The van der Waals surface area contributed by atoms with Crippen LogP contribution in [0.3, 0.4) is 0 Å². The summed E-state index contributed by atoms with van der Waals surface area (Å²) in [4.78, 5) is 26.3. The Bertz CT molecular complexity index is 954. The molecule has 9 heteroatoms. The van der Waals surface area contributed by atoms with Gasteiger partial charge in [0.25, 0.3) is 11.8 Å². The number of nitriles is 1. The molecule has 1 fully saturated rings. The van der Waals surface area contributed by atoms with E-state index in [0.717, 1.165) is 16.9 Å². The number of carbonyl (C=O) groups is 2. The Balaban J connectivity index is 2.19. The van der Waals surface area contributed by atoms with Gasteiger partial charge in [-0.15, -0.1) is 0 Å². The summed E-state index contributed by atoms with van der Waals surface area (Å²) in [5.41, 5.74) is 7.24. The number of nitrogens with one attached hydrogen (secondary N) is 1. The van der Waals surface area contributed by atoms with Crippen molar-refractivity contribution in [2.24, 2.45) is 5.73 Å². The number of nitrogens with zero attached hydrogens (tertiary/aromatic N) is 2. The number of hydrogen-bond donors (Lipinski definition) is 2. The van der Waals surface area contributed by atoms with Crippen LogP contribution in [0.15, 0.2) is 36.4 Å². The van der Waals surface area contributed by atoms with Gasteiger partial charge in [-0.3, -0.25) is 9.59 Å². The number of nitrogens with two attached hydrogens (primary N) is 1. The Labute approximate surface area is 192 Å². The molecule has 0 saturated carbocycles. The molecule has 0 aromatic heterocycles. The first-order chi connectivity index (χ1) is 15.7. The van der Waals surface area contributed by atoms with Crippen LogP contribution in [0.5, 0.6) is 5.75 Å². The Kier molecular flexibility index (Phi) is 9.55. The third-order valence-corrected chi connectivity index (χ3v) is 5.14. The fourth-order valence-corrected chi connectivity index (χ4v) is 3.39. The zero-order valence-corrected chi connectivity index (χ0v) is 18.9. The maximum atomic E-state index is 13.6. The van der Waals surface area contributed by atoms with Crippen molar-refractivity contribution >= 4 is 17.4 Å². The number of carbonyl (C=O) groups excluding carboxylic acids is 2. The second-order valence-electron chi connectivity index (χ2n) is 7.79. The van der Waals surface area contributed by atoms with Crippen LogP contribution >= 0.6 is 0 Å². The molecule has 1 aromatic rings. The van der Waals surface area contributed by atoms with Gasteiger partial charge in [-0.1, -0.05) is 25.1 Å². The number of aryl methyl sites for hydroxylation is 1. The first-order valence-corrected chi connectivity index (χ1v) is 10.9. The van der Waals surface area contributed by atoms with Gasteiger partial charge in [-0.2, -0.15) is 5.26 Å². The molecule has 7 nitrogen and oxygen atoms in total. The van der Waals surface area contributed by atoms with Crippen LogP contribution in [0.4, 0.5) is 8.78 Å². The molecule has 0 aliphatic carbocycles. The predicted octanol–water partition coefficient (Wildman–Crippen LogP) is 2.95. The second-order valence-corrected chi connectivity index (χ2v) is 7.79. The molecule has 1 heterocycles. The van der Waals surface area contributed by atoms with Crippen LogP contribution < -0.4 is 15.8 Å². The van der Waals surface area contributed by atoms with Crippen LogP contribution in [-0.4, -0.2) is 54.9 Å². The quantitative estimate of drug-likeness (QED) is 0.317. The highest BCUT2D eigenvalue weighted by atomic mass is 19.3. The van der Waals surface area contributed by atoms with Gasteiger partial charge in [-0.25, -0.2) is 8.78 Å². The van der Waals surface area contributed by atoms with Crippen molar-refractivity contribution in [2.45, 2.75) is 45.1 Å². The number of hydrogen-bond acceptors (Lipinski definition) is 5. The normalized spacial score (nSPS) is 17.8. The maximum Gasteiger partial charge on any atom is 0.268 e. The van der Waals surface area contributed by atoms with Gasteiger partial charge >= 0.3 is 0 Å². The van der Waals surface area contributed by atoms with E-state index in [9.17, 15) is 18.4 Å². The van der Waals surface area contributed by atoms with E-state index in [-0.39, 0.29) is 0 Å². The average molecular weight is 461 g/mol. The van der Waals surface area contributed by atoms with Gasteiger partial charge in [0.05, 0.1) is 25.8 Å². The highest BCUT2D eigenvalue weighted by molar-refractivity contribution is 6.20. The fraction of sp³-hybridized carbons (Fsp3) is 0.458. The van der Waals surface area contributed by atoms with Crippen LogP contribution in [-0.2, 0) is 9.59 Å². The lowest BCUT2D eigenvalue weighted by atomic mass is 9.98. The topological polar surface area (TPSA) is 108 Å². The molecule has 2 amide bonds. The largest absolute Gasteiger partial charge is 0.494 e. The lowest BCUT2D eigenvalue weighted by molar-refractivity contribution is -0.133. The van der Waals surface area contributed by atoms with Crippen LogP contribution in [0.2, 0.25) is 0 Å². The van der Waals surface area contributed by atoms with Gasteiger partial charge in [-0.05, 0) is 55.6 Å². The van der Waals surface area contributed by atoms with Crippen molar-refractivity contribution in [3.63, 3.8) is 0 Å². The summed E-state index contributed by atoms with van der Waals surface area (Å²) in [7, 11) is 0. The standard InChI is InChI=1S/C24H30F2N4O3/c1-3-4-5-7-20(21-12-19(9-8-17(21)2)33-11-6-10-27)23(32)29-15-22(31)30-16-24(25,26)13-18(30)14-28/h4-5,7-9,12,18H,3,6,10-11,13,15-16,27H2,1-2H3,(H,29,32)/b5-4+,20-7+. The Morgan fingerprint density at radius 1 is 1.42 bits per heavy atom. The number of halogens is 2. The van der Waals surface area contributed by atoms with E-state index in [1.807, 2.05) is 26.0 Å². The third-order valence-electron chi connectivity index (χ3n) is 5.14. The first-order valence-electron chi connectivity index (χ1n) is 10.9. The van der Waals surface area contributed by atoms with E-state index >= 15 is 0 Å². The Morgan fingerprint density at radius 2 is 2.18 bits per heavy atom. The predicted molar refractivity (Wildman–Crippen MR) is 121 cm³/mol. The molecule has 1 saturated heterocycles. The van der Waals surface area contributed by atoms with Crippen LogP contribution in [0.25, 0.3) is 5.57 Å². The maximum absolute atomic E-state index is 13.6. The molecule has 3 N–H and O–H groups in total. The lowest BCUT2D eigenvalue weighted by Crippen LogP contribution is -2.43. The number of benzene rings is 1. The third kappa shape index (κ3) is 7.39. The van der Waals surface area contributed by atoms with E-state index < -0.39 is 43.3 Å². The molecular formula is C24H30F2N4O3. The summed E-state index contributed by atoms with van der Waals surface area (Å²) in [6, 6.07) is 5.88. The number of alkyl halides is 2. The zero-order valence-electron chi connectivity index (χ0n) is 18.9. The Morgan fingerprint density at radius 3 is 2.85 bits per heavy atom. The van der Waals surface area contributed by atoms with Gasteiger partial charge in [0.2, 0.25) is 5.91 Å². The molecular weight excluding hydrogens is 430 g/mol. The van der Waals surface area contributed by atoms with Crippen LogP contribution in [0.1, 0.15) is 37.3 Å². The van der Waals surface area contributed by atoms with E-state index in [4.69, 9.17) is 15.7 Å². The van der Waals surface area contributed by atoms with E-state index in [2.05, 4.69) is 5.32 Å². The molecule has 1 aliphatic rings. The van der Waals surface area contributed by atoms with E-state index in [0.29, 0.717) is 36.5 Å². The molecule has 2 rings (SSSR count). The summed E-state index contributed by atoms with van der Waals surface area (Å²) in [6.45, 7) is 3.42. The molecule has 0 radical (unpaired) electrons. The second kappa shape index (κ2) is 12.1. The molecule has 1 atom stereocenters. The van der Waals surface area contributed by atoms with E-state index in [1.54, 1.807) is 30.4 Å². The minimum Gasteiger partial charge on any atom is -0.494 e. The minimum absolute atomic E-state index is 0.304. The highest BCUT2D eigenvalue weighted by Gasteiger charge is 2.47. The summed E-state index contributed by atoms with van der Waals surface area (Å²) in [5.74, 6) is -3.80. The number of amides is 2. The molecule has 0 spiro atoms. The zero-order chi connectivity index (χ0) is 24.4. The minimum atomic E-state index is -3.11. The summed E-state index contributed by atoms with van der Waals surface area (Å²) in [6.07, 6.45) is 6.00. The van der Waals surface area contributed by atoms with Gasteiger partial charge in [0.15, 0.2) is 0 Å². The highest BCUT2D eigenvalue weighted by Crippen LogP contribution is 2.31. The number of rotatable bonds is 10.